The van der Waals surface area contributed by atoms with E-state index in [1.807, 2.05) is 13.0 Å². The summed E-state index contributed by atoms with van der Waals surface area (Å²) in [5, 5.41) is 0.685. The molecule has 0 bridgehead atoms. The summed E-state index contributed by atoms with van der Waals surface area (Å²) in [4.78, 5) is 32.9. The molecule has 0 saturated carbocycles. The van der Waals surface area contributed by atoms with Crippen LogP contribution in [0.1, 0.15) is 16.9 Å². The van der Waals surface area contributed by atoms with Crippen molar-refractivity contribution in [1.82, 2.24) is 14.3 Å². The zero-order chi connectivity index (χ0) is 24.7. The van der Waals surface area contributed by atoms with Gasteiger partial charge in [0, 0.05) is 11.2 Å². The van der Waals surface area contributed by atoms with E-state index in [0.717, 1.165) is 17.3 Å². The summed E-state index contributed by atoms with van der Waals surface area (Å²) in [6.45, 7) is 2.02. The van der Waals surface area contributed by atoms with Crippen molar-refractivity contribution in [3.8, 4) is 11.6 Å². The predicted molar refractivity (Wildman–Crippen MR) is 140 cm³/mol. The molecule has 1 fully saturated rings. The van der Waals surface area contributed by atoms with E-state index in [1.54, 1.807) is 36.5 Å². The number of halogens is 2. The molecule has 1 amide bonds. The number of fused-ring (bicyclic) bond motifs is 1. The van der Waals surface area contributed by atoms with Crippen molar-refractivity contribution in [3.05, 3.63) is 97.1 Å². The van der Waals surface area contributed by atoms with E-state index in [4.69, 9.17) is 44.6 Å². The van der Waals surface area contributed by atoms with E-state index < -0.39 is 5.56 Å². The number of rotatable bonds is 5. The molecule has 0 radical (unpaired) electrons. The molecule has 1 saturated heterocycles. The first kappa shape index (κ1) is 23.6. The quantitative estimate of drug-likeness (QED) is 0.222. The van der Waals surface area contributed by atoms with E-state index >= 15 is 0 Å². The van der Waals surface area contributed by atoms with Gasteiger partial charge in [0.2, 0.25) is 5.88 Å². The van der Waals surface area contributed by atoms with Crippen molar-refractivity contribution in [2.75, 3.05) is 0 Å². The average molecular weight is 544 g/mol. The molecule has 0 spiro atoms. The highest BCUT2D eigenvalue weighted by Crippen LogP contribution is 2.36. The zero-order valence-electron chi connectivity index (χ0n) is 18.0. The molecule has 7 nitrogen and oxygen atoms in total. The lowest BCUT2D eigenvalue weighted by atomic mass is 10.2. The van der Waals surface area contributed by atoms with Crippen LogP contribution in [0.5, 0.6) is 11.6 Å². The van der Waals surface area contributed by atoms with E-state index in [9.17, 15) is 9.59 Å². The molecule has 0 atom stereocenters. The van der Waals surface area contributed by atoms with Gasteiger partial charge >= 0.3 is 0 Å². The fourth-order valence-electron chi connectivity index (χ4n) is 3.48. The van der Waals surface area contributed by atoms with Gasteiger partial charge < -0.3 is 9.15 Å². The van der Waals surface area contributed by atoms with E-state index in [0.29, 0.717) is 20.8 Å². The summed E-state index contributed by atoms with van der Waals surface area (Å²) < 4.78 is 13.1. The third kappa shape index (κ3) is 4.60. The molecule has 5 rings (SSSR count). The summed E-state index contributed by atoms with van der Waals surface area (Å²) in [5.74, 6) is 0.512. The highest BCUT2D eigenvalue weighted by Gasteiger charge is 2.33. The van der Waals surface area contributed by atoms with Crippen LogP contribution in [-0.4, -0.2) is 24.5 Å². The van der Waals surface area contributed by atoms with Gasteiger partial charge in [0.15, 0.2) is 0 Å². The fourth-order valence-corrected chi connectivity index (χ4v) is 5.17. The number of pyridine rings is 1. The Morgan fingerprint density at radius 3 is 2.77 bits per heavy atom. The Bertz CT molecular complexity index is 1580. The molecule has 0 aliphatic carbocycles. The molecule has 3 aromatic heterocycles. The van der Waals surface area contributed by atoms with Gasteiger partial charge in [-0.2, -0.15) is 4.98 Å². The monoisotopic (exact) mass is 543 g/mol. The number of hydrogen-bond acceptors (Lipinski definition) is 7. The van der Waals surface area contributed by atoms with Gasteiger partial charge in [-0.15, -0.1) is 0 Å². The molecule has 1 aromatic carbocycles. The van der Waals surface area contributed by atoms with Crippen molar-refractivity contribution in [2.45, 2.75) is 13.5 Å². The van der Waals surface area contributed by atoms with Gasteiger partial charge in [0.25, 0.3) is 11.5 Å². The molecule has 4 aromatic rings. The molecule has 11 heteroatoms. The summed E-state index contributed by atoms with van der Waals surface area (Å²) >= 11 is 18.8. The SMILES string of the molecule is Cc1cccn2c(=O)c(/C=C3/SC(=S)N(Cc4ccco4)C3=O)c(Oc3ccc(Cl)cc3Cl)nc12. The van der Waals surface area contributed by atoms with Gasteiger partial charge in [0.05, 0.1) is 22.7 Å². The Kier molecular flexibility index (Phi) is 6.41. The maximum absolute atomic E-state index is 13.5. The number of hydrogen-bond donors (Lipinski definition) is 0. The normalized spacial score (nSPS) is 14.9. The molecule has 1 aliphatic heterocycles. The first-order chi connectivity index (χ1) is 16.8. The van der Waals surface area contributed by atoms with Gasteiger partial charge in [-0.1, -0.05) is 53.2 Å². The number of furan rings is 1. The van der Waals surface area contributed by atoms with Crippen molar-refractivity contribution in [3.63, 3.8) is 0 Å². The molecule has 4 heterocycles. The lowest BCUT2D eigenvalue weighted by molar-refractivity contribution is -0.122. The minimum atomic E-state index is -0.407. The first-order valence-electron chi connectivity index (χ1n) is 10.2. The van der Waals surface area contributed by atoms with Crippen LogP contribution in [0.15, 0.2) is 69.0 Å². The summed E-state index contributed by atoms with van der Waals surface area (Å²) in [6, 6.07) is 11.8. The number of thiocarbonyl (C=S) groups is 1. The van der Waals surface area contributed by atoms with Gasteiger partial charge in [-0.25, -0.2) is 0 Å². The number of carbonyl (C=O) groups is 1. The van der Waals surface area contributed by atoms with E-state index in [2.05, 4.69) is 4.98 Å². The highest BCUT2D eigenvalue weighted by molar-refractivity contribution is 8.26. The first-order valence-corrected chi connectivity index (χ1v) is 12.2. The van der Waals surface area contributed by atoms with Crippen molar-refractivity contribution in [1.29, 1.82) is 0 Å². The van der Waals surface area contributed by atoms with Crippen molar-refractivity contribution < 1.29 is 13.9 Å². The summed E-state index contributed by atoms with van der Waals surface area (Å²) in [5.41, 5.74) is 0.862. The molecule has 0 unspecified atom stereocenters. The number of amides is 1. The second kappa shape index (κ2) is 9.50. The van der Waals surface area contributed by atoms with Gasteiger partial charge in [-0.3, -0.25) is 18.9 Å². The maximum Gasteiger partial charge on any atom is 0.269 e. The number of aryl methyl sites for hydroxylation is 1. The molecule has 1 aliphatic rings. The van der Waals surface area contributed by atoms with Gasteiger partial charge in [-0.05, 0) is 55.0 Å². The molecular formula is C24H15Cl2N3O4S2. The predicted octanol–water partition coefficient (Wildman–Crippen LogP) is 6.10. The lowest BCUT2D eigenvalue weighted by Gasteiger charge is -2.13. The van der Waals surface area contributed by atoms with Crippen LogP contribution in [0, 0.1) is 6.92 Å². The van der Waals surface area contributed by atoms with Crippen LogP contribution in [0.2, 0.25) is 10.0 Å². The Labute approximate surface area is 218 Å². The summed E-state index contributed by atoms with van der Waals surface area (Å²) in [6.07, 6.45) is 4.58. The Hall–Kier alpha value is -3.11. The minimum Gasteiger partial charge on any atom is -0.467 e. The second-order valence-electron chi connectivity index (χ2n) is 7.54. The molecular weight excluding hydrogens is 529 g/mol. The standard InChI is InChI=1S/C24H15Cl2N3O4S2/c1-13-4-2-8-28-20(13)27-21(33-18-7-6-14(25)10-17(18)26)16(22(28)30)11-19-23(31)29(24(34)35-19)12-15-5-3-9-32-15/h2-11H,12H2,1H3/b19-11+. The third-order valence-electron chi connectivity index (χ3n) is 5.19. The Morgan fingerprint density at radius 1 is 1.20 bits per heavy atom. The number of benzene rings is 1. The largest absolute Gasteiger partial charge is 0.467 e. The smallest absolute Gasteiger partial charge is 0.269 e. The lowest BCUT2D eigenvalue weighted by Crippen LogP contribution is -2.27. The Morgan fingerprint density at radius 2 is 2.03 bits per heavy atom. The van der Waals surface area contributed by atoms with Crippen LogP contribution in [0.4, 0.5) is 0 Å². The van der Waals surface area contributed by atoms with Crippen LogP contribution in [0.25, 0.3) is 11.7 Å². The van der Waals surface area contributed by atoms with Crippen LogP contribution < -0.4 is 10.3 Å². The van der Waals surface area contributed by atoms with Crippen LogP contribution in [-0.2, 0) is 11.3 Å². The maximum atomic E-state index is 13.5. The van der Waals surface area contributed by atoms with Crippen molar-refractivity contribution >= 4 is 69.1 Å². The number of carbonyl (C=O) groups excluding carboxylic acids is 1. The molecule has 35 heavy (non-hydrogen) atoms. The van der Waals surface area contributed by atoms with E-state index in [-0.39, 0.29) is 39.6 Å². The zero-order valence-corrected chi connectivity index (χ0v) is 21.2. The number of ether oxygens (including phenoxy) is 1. The highest BCUT2D eigenvalue weighted by atomic mass is 35.5. The van der Waals surface area contributed by atoms with Crippen molar-refractivity contribution in [2.24, 2.45) is 0 Å². The third-order valence-corrected chi connectivity index (χ3v) is 7.10. The van der Waals surface area contributed by atoms with Crippen LogP contribution in [0.3, 0.4) is 0 Å². The van der Waals surface area contributed by atoms with Gasteiger partial charge in [0.1, 0.15) is 27.0 Å². The molecule has 176 valence electrons. The average Bonchev–Trinajstić information content (AvgIpc) is 3.43. The Balaban J connectivity index is 1.62. The second-order valence-corrected chi connectivity index (χ2v) is 10.1. The number of thioether (sulfide) groups is 1. The summed E-state index contributed by atoms with van der Waals surface area (Å²) in [7, 11) is 0. The van der Waals surface area contributed by atoms with E-state index in [1.165, 1.54) is 27.7 Å². The van der Waals surface area contributed by atoms with Crippen LogP contribution >= 0.6 is 47.2 Å². The minimum absolute atomic E-state index is 0.00447. The fraction of sp³-hybridized carbons (Fsp3) is 0.0833. The number of aromatic nitrogens is 2. The topological polar surface area (TPSA) is 77.0 Å². The molecule has 0 N–H and O–H groups in total. The number of nitrogens with zero attached hydrogens (tertiary/aromatic N) is 3.